The number of benzene rings is 1. The zero-order valence-corrected chi connectivity index (χ0v) is 13.1. The lowest BCUT2D eigenvalue weighted by Crippen LogP contribution is -2.54. The number of nitrogens with one attached hydrogen (secondary N) is 1. The highest BCUT2D eigenvalue weighted by Crippen LogP contribution is 2.22. The number of hydrazine groups is 1. The van der Waals surface area contributed by atoms with Gasteiger partial charge in [0.15, 0.2) is 0 Å². The Kier molecular flexibility index (Phi) is 5.07. The molecule has 1 aliphatic heterocycles. The number of nitrogens with zero attached hydrogens (tertiary/aromatic N) is 1. The molecule has 1 aromatic carbocycles. The molecule has 1 aliphatic rings. The van der Waals surface area contributed by atoms with Crippen LogP contribution in [0.25, 0.3) is 0 Å². The van der Waals surface area contributed by atoms with Gasteiger partial charge >= 0.3 is 0 Å². The summed E-state index contributed by atoms with van der Waals surface area (Å²) in [7, 11) is 0. The lowest BCUT2D eigenvalue weighted by Gasteiger charge is -2.38. The number of carbonyl (C=O) groups is 1. The van der Waals surface area contributed by atoms with Gasteiger partial charge in [-0.2, -0.15) is 0 Å². The van der Waals surface area contributed by atoms with Crippen molar-refractivity contribution in [1.82, 2.24) is 10.4 Å². The van der Waals surface area contributed by atoms with Gasteiger partial charge in [-0.1, -0.05) is 6.42 Å². The molecule has 116 valence electrons. The molecule has 0 aromatic heterocycles. The maximum absolute atomic E-state index is 12.4. The van der Waals surface area contributed by atoms with Crippen molar-refractivity contribution in [2.45, 2.75) is 52.1 Å². The molecule has 0 bridgehead atoms. The monoisotopic (exact) mass is 291 g/mol. The fourth-order valence-electron chi connectivity index (χ4n) is 2.83. The minimum Gasteiger partial charge on any atom is -0.494 e. The molecule has 0 radical (unpaired) electrons. The second-order valence-electron chi connectivity index (χ2n) is 5.70. The van der Waals surface area contributed by atoms with E-state index >= 15 is 0 Å². The topological polar surface area (TPSA) is 67.6 Å². The predicted molar refractivity (Wildman–Crippen MR) is 84.1 cm³/mol. The summed E-state index contributed by atoms with van der Waals surface area (Å²) in [5.41, 5.74) is 9.92. The highest BCUT2D eigenvalue weighted by atomic mass is 16.5. The summed E-state index contributed by atoms with van der Waals surface area (Å²) in [5.74, 6) is 0.492. The predicted octanol–water partition coefficient (Wildman–Crippen LogP) is 2.58. The molecular formula is C16H25N3O2. The third kappa shape index (κ3) is 3.88. The molecule has 0 spiro atoms. The van der Waals surface area contributed by atoms with E-state index in [1.54, 1.807) is 18.2 Å². The maximum atomic E-state index is 12.4. The van der Waals surface area contributed by atoms with Crippen LogP contribution in [0.1, 0.15) is 50.4 Å². The molecule has 21 heavy (non-hydrogen) atoms. The maximum Gasteiger partial charge on any atom is 0.265 e. The number of amides is 1. The molecule has 0 aliphatic carbocycles. The van der Waals surface area contributed by atoms with Crippen molar-refractivity contribution in [3.05, 3.63) is 23.8 Å². The van der Waals surface area contributed by atoms with E-state index in [4.69, 9.17) is 10.5 Å². The number of anilines is 1. The SMILES string of the molecule is CCOc1cc(N)cc(C(=O)NN2C(C)CCCC2C)c1. The van der Waals surface area contributed by atoms with E-state index in [0.717, 1.165) is 12.8 Å². The minimum atomic E-state index is -0.135. The lowest BCUT2D eigenvalue weighted by molar-refractivity contribution is 0.0369. The Morgan fingerprint density at radius 1 is 1.33 bits per heavy atom. The van der Waals surface area contributed by atoms with Crippen LogP contribution >= 0.6 is 0 Å². The van der Waals surface area contributed by atoms with Crippen molar-refractivity contribution in [3.8, 4) is 5.75 Å². The Morgan fingerprint density at radius 3 is 2.62 bits per heavy atom. The molecule has 1 saturated heterocycles. The van der Waals surface area contributed by atoms with Crippen molar-refractivity contribution in [3.63, 3.8) is 0 Å². The first kappa shape index (κ1) is 15.6. The van der Waals surface area contributed by atoms with Crippen LogP contribution in [0.5, 0.6) is 5.75 Å². The number of carbonyl (C=O) groups excluding carboxylic acids is 1. The number of nitrogens with two attached hydrogens (primary N) is 1. The van der Waals surface area contributed by atoms with E-state index in [1.807, 2.05) is 6.92 Å². The molecule has 0 saturated carbocycles. The lowest BCUT2D eigenvalue weighted by atomic mass is 10.00. The molecule has 2 rings (SSSR count). The van der Waals surface area contributed by atoms with Crippen molar-refractivity contribution in [2.24, 2.45) is 0 Å². The quantitative estimate of drug-likeness (QED) is 0.837. The van der Waals surface area contributed by atoms with Gasteiger partial charge in [0.05, 0.1) is 6.61 Å². The van der Waals surface area contributed by atoms with Crippen LogP contribution in [0.15, 0.2) is 18.2 Å². The standard InChI is InChI=1S/C16H25N3O2/c1-4-21-15-9-13(8-14(17)10-15)16(20)18-19-11(2)6-5-7-12(19)3/h8-12H,4-7,17H2,1-3H3,(H,18,20). The molecular weight excluding hydrogens is 266 g/mol. The second kappa shape index (κ2) is 6.80. The molecule has 1 fully saturated rings. The van der Waals surface area contributed by atoms with E-state index in [0.29, 0.717) is 35.7 Å². The Balaban J connectivity index is 2.12. The Morgan fingerprint density at radius 2 is 2.00 bits per heavy atom. The van der Waals surface area contributed by atoms with E-state index < -0.39 is 0 Å². The third-order valence-corrected chi connectivity index (χ3v) is 3.93. The summed E-state index contributed by atoms with van der Waals surface area (Å²) in [6, 6.07) is 5.84. The van der Waals surface area contributed by atoms with Gasteiger partial charge in [-0.3, -0.25) is 10.2 Å². The Hall–Kier alpha value is -1.75. The molecule has 3 N–H and O–H groups in total. The summed E-state index contributed by atoms with van der Waals surface area (Å²) in [6.45, 7) is 6.73. The summed E-state index contributed by atoms with van der Waals surface area (Å²) in [5, 5.41) is 2.05. The number of rotatable bonds is 4. The Labute approximate surface area is 126 Å². The van der Waals surface area contributed by atoms with Gasteiger partial charge in [0, 0.05) is 29.4 Å². The van der Waals surface area contributed by atoms with Crippen LogP contribution < -0.4 is 15.9 Å². The van der Waals surface area contributed by atoms with Gasteiger partial charge < -0.3 is 10.5 Å². The van der Waals surface area contributed by atoms with E-state index in [-0.39, 0.29) is 5.91 Å². The molecule has 2 unspecified atom stereocenters. The zero-order chi connectivity index (χ0) is 15.4. The first-order chi connectivity index (χ1) is 10.0. The molecule has 5 heteroatoms. The van der Waals surface area contributed by atoms with Gasteiger partial charge in [0.25, 0.3) is 5.91 Å². The first-order valence-corrected chi connectivity index (χ1v) is 7.64. The van der Waals surface area contributed by atoms with Gasteiger partial charge in [-0.05, 0) is 45.7 Å². The molecule has 5 nitrogen and oxygen atoms in total. The smallest absolute Gasteiger partial charge is 0.265 e. The van der Waals surface area contributed by atoms with Crippen molar-refractivity contribution < 1.29 is 9.53 Å². The van der Waals surface area contributed by atoms with Crippen molar-refractivity contribution >= 4 is 11.6 Å². The van der Waals surface area contributed by atoms with Crippen LogP contribution in [0.2, 0.25) is 0 Å². The average molecular weight is 291 g/mol. The van der Waals surface area contributed by atoms with Gasteiger partial charge in [0.1, 0.15) is 5.75 Å². The van der Waals surface area contributed by atoms with Crippen LogP contribution in [0.4, 0.5) is 5.69 Å². The van der Waals surface area contributed by atoms with Crippen molar-refractivity contribution in [1.29, 1.82) is 0 Å². The first-order valence-electron chi connectivity index (χ1n) is 7.64. The van der Waals surface area contributed by atoms with E-state index in [2.05, 4.69) is 24.3 Å². The largest absolute Gasteiger partial charge is 0.494 e. The highest BCUT2D eigenvalue weighted by Gasteiger charge is 2.26. The van der Waals surface area contributed by atoms with E-state index in [9.17, 15) is 4.79 Å². The van der Waals surface area contributed by atoms with Crippen molar-refractivity contribution in [2.75, 3.05) is 12.3 Å². The number of ether oxygens (including phenoxy) is 1. The van der Waals surface area contributed by atoms with Gasteiger partial charge in [-0.25, -0.2) is 5.01 Å². The van der Waals surface area contributed by atoms with Crippen LogP contribution in [-0.4, -0.2) is 29.6 Å². The minimum absolute atomic E-state index is 0.135. The summed E-state index contributed by atoms with van der Waals surface area (Å²) in [4.78, 5) is 12.4. The molecule has 1 heterocycles. The molecule has 2 atom stereocenters. The number of hydrogen-bond donors (Lipinski definition) is 2. The van der Waals surface area contributed by atoms with E-state index in [1.165, 1.54) is 6.42 Å². The average Bonchev–Trinajstić information content (AvgIpc) is 2.42. The molecule has 1 amide bonds. The Bertz CT molecular complexity index is 494. The number of piperidine rings is 1. The summed E-state index contributed by atoms with van der Waals surface area (Å²) in [6.07, 6.45) is 3.42. The van der Waals surface area contributed by atoms with Gasteiger partial charge in [-0.15, -0.1) is 0 Å². The number of nitrogen functional groups attached to an aromatic ring is 1. The van der Waals surface area contributed by atoms with Crippen LogP contribution in [0, 0.1) is 0 Å². The second-order valence-corrected chi connectivity index (χ2v) is 5.70. The third-order valence-electron chi connectivity index (χ3n) is 3.93. The summed E-state index contributed by atoms with van der Waals surface area (Å²) >= 11 is 0. The number of hydrogen-bond acceptors (Lipinski definition) is 4. The molecule has 1 aromatic rings. The van der Waals surface area contributed by atoms with Gasteiger partial charge in [0.2, 0.25) is 0 Å². The normalized spacial score (nSPS) is 22.8. The van der Waals surface area contributed by atoms with Crippen LogP contribution in [0.3, 0.4) is 0 Å². The zero-order valence-electron chi connectivity index (χ0n) is 13.1. The highest BCUT2D eigenvalue weighted by molar-refractivity contribution is 5.95. The van der Waals surface area contributed by atoms with Crippen LogP contribution in [-0.2, 0) is 0 Å². The summed E-state index contributed by atoms with van der Waals surface area (Å²) < 4.78 is 5.44. The fraction of sp³-hybridized carbons (Fsp3) is 0.562. The fourth-order valence-corrected chi connectivity index (χ4v) is 2.83.